The molecule has 0 N–H and O–H groups in total. The Labute approximate surface area is 88.5 Å². The Morgan fingerprint density at radius 2 is 1.75 bits per heavy atom. The lowest BCUT2D eigenvalue weighted by Gasteiger charge is -2.19. The van der Waals surface area contributed by atoms with Crippen LogP contribution in [-0.2, 0) is 9.47 Å². The lowest BCUT2D eigenvalue weighted by molar-refractivity contribution is -0.293. The predicted octanol–water partition coefficient (Wildman–Crippen LogP) is 3.14. The van der Waals surface area contributed by atoms with Gasteiger partial charge in [0.1, 0.15) is 6.10 Å². The summed E-state index contributed by atoms with van der Waals surface area (Å²) in [5.74, 6) is -5.07. The molecule has 3 nitrogen and oxygen atoms in total. The van der Waals surface area contributed by atoms with E-state index < -0.39 is 31.0 Å². The third kappa shape index (κ3) is 4.63. The van der Waals surface area contributed by atoms with E-state index in [4.69, 9.17) is 0 Å². The number of halogens is 5. The summed E-state index contributed by atoms with van der Waals surface area (Å²) >= 11 is 0. The third-order valence-corrected chi connectivity index (χ3v) is 1.66. The van der Waals surface area contributed by atoms with Gasteiger partial charge in [0.25, 0.3) is 0 Å². The minimum atomic E-state index is -5.75. The smallest absolute Gasteiger partial charge is 0.431 e. The van der Waals surface area contributed by atoms with Crippen molar-refractivity contribution in [2.24, 2.45) is 0 Å². The Kier molecular flexibility index (Phi) is 4.95. The normalized spacial score (nSPS) is 14.4. The molecular weight excluding hydrogens is 239 g/mol. The van der Waals surface area contributed by atoms with Crippen LogP contribution in [0.1, 0.15) is 20.3 Å². The Bertz CT molecular complexity index is 238. The van der Waals surface area contributed by atoms with Crippen molar-refractivity contribution in [1.82, 2.24) is 0 Å². The minimum Gasteiger partial charge on any atom is -0.431 e. The molecule has 8 heteroatoms. The molecule has 0 aliphatic carbocycles. The van der Waals surface area contributed by atoms with Crippen LogP contribution >= 0.6 is 0 Å². The van der Waals surface area contributed by atoms with Crippen molar-refractivity contribution in [3.8, 4) is 0 Å². The molecule has 0 aromatic heterocycles. The van der Waals surface area contributed by atoms with Crippen molar-refractivity contribution in [3.63, 3.8) is 0 Å². The van der Waals surface area contributed by atoms with E-state index in [0.717, 1.165) is 0 Å². The summed E-state index contributed by atoms with van der Waals surface area (Å²) in [5.41, 5.74) is 0. The molecule has 0 aromatic carbocycles. The number of hydrogen-bond acceptors (Lipinski definition) is 3. The van der Waals surface area contributed by atoms with Crippen molar-refractivity contribution < 1.29 is 36.2 Å². The molecule has 96 valence electrons. The van der Waals surface area contributed by atoms with Crippen molar-refractivity contribution >= 4 is 6.16 Å². The number of hydrogen-bond donors (Lipinski definition) is 0. The van der Waals surface area contributed by atoms with Crippen LogP contribution in [0, 0.1) is 0 Å². The molecule has 1 atom stereocenters. The molecule has 0 amide bonds. The zero-order valence-corrected chi connectivity index (χ0v) is 8.61. The first-order valence-corrected chi connectivity index (χ1v) is 4.38. The molecule has 0 aliphatic heterocycles. The molecule has 0 rings (SSSR count). The van der Waals surface area contributed by atoms with Gasteiger partial charge < -0.3 is 9.47 Å². The average molecular weight is 250 g/mol. The molecule has 16 heavy (non-hydrogen) atoms. The molecule has 0 aliphatic rings. The predicted molar refractivity (Wildman–Crippen MR) is 43.2 cm³/mol. The average Bonchev–Trinajstić information content (AvgIpc) is 2.13. The lowest BCUT2D eigenvalue weighted by Crippen LogP contribution is -2.41. The number of rotatable bonds is 4. The second-order valence-corrected chi connectivity index (χ2v) is 3.08. The first-order chi connectivity index (χ1) is 7.10. The van der Waals surface area contributed by atoms with E-state index in [0.29, 0.717) is 6.42 Å². The van der Waals surface area contributed by atoms with E-state index >= 15 is 0 Å². The topological polar surface area (TPSA) is 35.5 Å². The van der Waals surface area contributed by atoms with Gasteiger partial charge in [0.2, 0.25) is 0 Å². The van der Waals surface area contributed by atoms with E-state index in [-0.39, 0.29) is 0 Å². The molecule has 0 saturated heterocycles. The molecule has 0 aromatic rings. The van der Waals surface area contributed by atoms with Gasteiger partial charge in [-0.3, -0.25) is 0 Å². The number of carbonyl (C=O) groups excluding carboxylic acids is 1. The van der Waals surface area contributed by atoms with Crippen LogP contribution in [0.25, 0.3) is 0 Å². The summed E-state index contributed by atoms with van der Waals surface area (Å²) in [6.45, 7) is 1.01. The van der Waals surface area contributed by atoms with Gasteiger partial charge in [-0.25, -0.2) is 4.79 Å². The highest BCUT2D eigenvalue weighted by atomic mass is 19.4. The van der Waals surface area contributed by atoms with Crippen LogP contribution < -0.4 is 0 Å². The van der Waals surface area contributed by atoms with Gasteiger partial charge in [-0.05, 0) is 13.3 Å². The van der Waals surface area contributed by atoms with E-state index in [1.165, 1.54) is 6.92 Å². The maximum Gasteiger partial charge on any atom is 0.508 e. The summed E-state index contributed by atoms with van der Waals surface area (Å²) in [4.78, 5) is 10.6. The highest BCUT2D eigenvalue weighted by Gasteiger charge is 2.58. The summed E-state index contributed by atoms with van der Waals surface area (Å²) < 4.78 is 67.4. The second kappa shape index (κ2) is 5.31. The first kappa shape index (κ1) is 14.9. The van der Waals surface area contributed by atoms with Crippen molar-refractivity contribution in [1.29, 1.82) is 0 Å². The Morgan fingerprint density at radius 1 is 1.25 bits per heavy atom. The van der Waals surface area contributed by atoms with Gasteiger partial charge in [-0.2, -0.15) is 22.0 Å². The van der Waals surface area contributed by atoms with Crippen LogP contribution in [-0.4, -0.2) is 31.0 Å². The Balaban J connectivity index is 4.11. The van der Waals surface area contributed by atoms with Crippen molar-refractivity contribution in [3.05, 3.63) is 0 Å². The van der Waals surface area contributed by atoms with Crippen LogP contribution in [0.15, 0.2) is 0 Å². The zero-order valence-electron chi connectivity index (χ0n) is 8.61. The van der Waals surface area contributed by atoms with Crippen LogP contribution in [0.2, 0.25) is 0 Å². The third-order valence-electron chi connectivity index (χ3n) is 1.66. The molecule has 0 saturated carbocycles. The second-order valence-electron chi connectivity index (χ2n) is 3.08. The first-order valence-electron chi connectivity index (χ1n) is 4.38. The number of ether oxygens (including phenoxy) is 2. The molecule has 0 spiro atoms. The van der Waals surface area contributed by atoms with Crippen LogP contribution in [0.4, 0.5) is 26.7 Å². The quantitative estimate of drug-likeness (QED) is 0.568. The maximum atomic E-state index is 12.3. The number of alkyl halides is 5. The summed E-state index contributed by atoms with van der Waals surface area (Å²) in [6.07, 6.45) is -7.50. The van der Waals surface area contributed by atoms with Gasteiger partial charge >= 0.3 is 18.3 Å². The Hall–Kier alpha value is -1.08. The summed E-state index contributed by atoms with van der Waals surface area (Å²) in [7, 11) is 0. The van der Waals surface area contributed by atoms with Gasteiger partial charge in [0.15, 0.2) is 6.61 Å². The van der Waals surface area contributed by atoms with Crippen molar-refractivity contribution in [2.75, 3.05) is 6.61 Å². The standard InChI is InChI=1S/C8H11F5O3/c1-3-5(2)16-6(14)15-4-7(9,10)8(11,12)13/h5H,3-4H2,1-2H3. The van der Waals surface area contributed by atoms with Gasteiger partial charge in [0, 0.05) is 0 Å². The fourth-order valence-corrected chi connectivity index (χ4v) is 0.513. The molecule has 0 radical (unpaired) electrons. The minimum absolute atomic E-state index is 0.394. The molecule has 0 heterocycles. The van der Waals surface area contributed by atoms with E-state index in [2.05, 4.69) is 9.47 Å². The monoisotopic (exact) mass is 250 g/mol. The molecule has 0 bridgehead atoms. The zero-order chi connectivity index (χ0) is 13.0. The van der Waals surface area contributed by atoms with E-state index in [9.17, 15) is 26.7 Å². The van der Waals surface area contributed by atoms with Crippen molar-refractivity contribution in [2.45, 2.75) is 38.5 Å². The molecular formula is C8H11F5O3. The largest absolute Gasteiger partial charge is 0.508 e. The summed E-state index contributed by atoms with van der Waals surface area (Å²) in [6, 6.07) is 0. The van der Waals surface area contributed by atoms with Gasteiger partial charge in [-0.1, -0.05) is 6.92 Å². The Morgan fingerprint density at radius 3 is 2.12 bits per heavy atom. The van der Waals surface area contributed by atoms with Gasteiger partial charge in [0.05, 0.1) is 0 Å². The van der Waals surface area contributed by atoms with E-state index in [1.54, 1.807) is 6.92 Å². The maximum absolute atomic E-state index is 12.3. The highest BCUT2D eigenvalue weighted by molar-refractivity contribution is 5.60. The van der Waals surface area contributed by atoms with Crippen LogP contribution in [0.3, 0.4) is 0 Å². The lowest BCUT2D eigenvalue weighted by atomic mass is 10.3. The molecule has 0 fully saturated rings. The van der Waals surface area contributed by atoms with Gasteiger partial charge in [-0.15, -0.1) is 0 Å². The number of carbonyl (C=O) groups is 1. The van der Waals surface area contributed by atoms with E-state index in [1.807, 2.05) is 0 Å². The summed E-state index contributed by atoms with van der Waals surface area (Å²) in [5, 5.41) is 0. The molecule has 1 unspecified atom stereocenters. The van der Waals surface area contributed by atoms with Crippen LogP contribution in [0.5, 0.6) is 0 Å². The SMILES string of the molecule is CCC(C)OC(=O)OCC(F)(F)C(F)(F)F. The fourth-order valence-electron chi connectivity index (χ4n) is 0.513. The highest BCUT2D eigenvalue weighted by Crippen LogP contribution is 2.35. The fraction of sp³-hybridized carbons (Fsp3) is 0.875.